The van der Waals surface area contributed by atoms with E-state index in [1.165, 1.54) is 32.4 Å². The molecule has 0 bridgehead atoms. The van der Waals surface area contributed by atoms with Crippen molar-refractivity contribution >= 4 is 23.6 Å². The number of ether oxygens (including phenoxy) is 3. The van der Waals surface area contributed by atoms with Crippen molar-refractivity contribution in [3.8, 4) is 17.6 Å². The molecule has 0 aromatic heterocycles. The normalized spacial score (nSPS) is 13.8. The van der Waals surface area contributed by atoms with Crippen LogP contribution in [0.2, 0.25) is 0 Å². The summed E-state index contributed by atoms with van der Waals surface area (Å²) in [6.45, 7) is 8.44. The van der Waals surface area contributed by atoms with Gasteiger partial charge in [-0.05, 0) is 71.1 Å². The van der Waals surface area contributed by atoms with Crippen LogP contribution in [0.1, 0.15) is 124 Å². The summed E-state index contributed by atoms with van der Waals surface area (Å²) in [5, 5.41) is 24.2. The molecule has 0 saturated carbocycles. The number of methoxy groups -OCH3 is 1. The zero-order valence-corrected chi connectivity index (χ0v) is 31.2. The van der Waals surface area contributed by atoms with Crippen LogP contribution in [0.15, 0.2) is 36.4 Å². The Morgan fingerprint density at radius 3 is 2.12 bits per heavy atom. The topological polar surface area (TPSA) is 148 Å². The molecule has 1 rings (SSSR count). The Kier molecular flexibility index (Phi) is 21.7. The number of ketones is 1. The van der Waals surface area contributed by atoms with E-state index in [1.807, 2.05) is 0 Å². The number of benzene rings is 1. The van der Waals surface area contributed by atoms with Crippen molar-refractivity contribution in [2.45, 2.75) is 142 Å². The lowest BCUT2D eigenvalue weighted by atomic mass is 9.82. The van der Waals surface area contributed by atoms with E-state index in [1.54, 1.807) is 58.0 Å². The maximum atomic E-state index is 13.9. The van der Waals surface area contributed by atoms with Crippen molar-refractivity contribution in [1.82, 2.24) is 5.32 Å². The van der Waals surface area contributed by atoms with E-state index in [2.05, 4.69) is 24.1 Å². The first kappa shape index (κ1) is 44.3. The van der Waals surface area contributed by atoms with Crippen LogP contribution in [0, 0.1) is 17.8 Å². The summed E-state index contributed by atoms with van der Waals surface area (Å²) in [5.74, 6) is 2.42. The molecule has 50 heavy (non-hydrogen) atoms. The van der Waals surface area contributed by atoms with Gasteiger partial charge in [-0.2, -0.15) is 0 Å². The summed E-state index contributed by atoms with van der Waals surface area (Å²) in [6.07, 6.45) is 13.6. The van der Waals surface area contributed by atoms with Crippen molar-refractivity contribution in [1.29, 1.82) is 0 Å². The summed E-state index contributed by atoms with van der Waals surface area (Å²) < 4.78 is 16.0. The number of amides is 1. The van der Waals surface area contributed by atoms with Crippen LogP contribution >= 0.6 is 0 Å². The van der Waals surface area contributed by atoms with Gasteiger partial charge in [0.25, 0.3) is 0 Å². The lowest BCUT2D eigenvalue weighted by Gasteiger charge is -2.34. The molecular weight excluding hydrogens is 638 g/mol. The highest BCUT2D eigenvalue weighted by Gasteiger charge is 2.49. The zero-order valence-electron chi connectivity index (χ0n) is 31.2. The Hall–Kier alpha value is -3.68. The van der Waals surface area contributed by atoms with Gasteiger partial charge < -0.3 is 29.7 Å². The van der Waals surface area contributed by atoms with Crippen LogP contribution in [0.3, 0.4) is 0 Å². The Morgan fingerprint density at radius 2 is 1.56 bits per heavy atom. The molecule has 0 fully saturated rings. The van der Waals surface area contributed by atoms with Crippen molar-refractivity contribution in [3.63, 3.8) is 0 Å². The molecule has 3 N–H and O–H groups in total. The molecule has 0 unspecified atom stereocenters. The van der Waals surface area contributed by atoms with Gasteiger partial charge in [-0.25, -0.2) is 9.59 Å². The van der Waals surface area contributed by atoms with Crippen LogP contribution in [0.25, 0.3) is 0 Å². The number of esters is 2. The van der Waals surface area contributed by atoms with Gasteiger partial charge in [0.2, 0.25) is 5.91 Å². The van der Waals surface area contributed by atoms with Gasteiger partial charge in [0.15, 0.2) is 5.60 Å². The second-order valence-corrected chi connectivity index (χ2v) is 13.6. The van der Waals surface area contributed by atoms with Gasteiger partial charge in [-0.1, -0.05) is 75.7 Å². The highest BCUT2D eigenvalue weighted by atomic mass is 16.6. The van der Waals surface area contributed by atoms with Crippen LogP contribution in [0.4, 0.5) is 0 Å². The molecule has 0 aliphatic rings. The van der Waals surface area contributed by atoms with Crippen molar-refractivity contribution in [2.24, 2.45) is 5.92 Å². The Morgan fingerprint density at radius 1 is 0.940 bits per heavy atom. The van der Waals surface area contributed by atoms with Gasteiger partial charge in [0, 0.05) is 32.3 Å². The molecule has 1 amide bonds. The fourth-order valence-corrected chi connectivity index (χ4v) is 5.35. The molecule has 280 valence electrons. The average Bonchev–Trinajstić information content (AvgIpc) is 3.06. The molecule has 0 aliphatic heterocycles. The van der Waals surface area contributed by atoms with Gasteiger partial charge in [-0.3, -0.25) is 9.59 Å². The predicted octanol–water partition coefficient (Wildman–Crippen LogP) is 6.19. The molecule has 0 spiro atoms. The Balaban J connectivity index is 3.03. The maximum Gasteiger partial charge on any atom is 0.339 e. The standard InChI is InChI=1S/C40H61NO9/c1-7-9-11-14-17-20-32(43)21-18-15-12-13-16-19-22-34(40(47,27-28-42)38(46)50-39(3,4)5)36(44)41-35(37(45)48-6)30-31-23-25-33(26-24-31)49-29-10-8-2/h19,22-26,34-35,42,47H,7,9,11-18,20-21,27-30H2,1-6H3,(H,41,44)/b22-19+/t34-,35+,40+/m1/s1. The minimum Gasteiger partial charge on any atom is -0.481 e. The first-order valence-electron chi connectivity index (χ1n) is 18.1. The van der Waals surface area contributed by atoms with Crippen molar-refractivity contribution in [3.05, 3.63) is 42.0 Å². The van der Waals surface area contributed by atoms with Crippen LogP contribution in [0.5, 0.6) is 5.75 Å². The molecule has 3 atom stereocenters. The molecule has 10 heteroatoms. The molecule has 0 saturated heterocycles. The number of hydrogen-bond acceptors (Lipinski definition) is 9. The van der Waals surface area contributed by atoms with E-state index in [0.29, 0.717) is 36.4 Å². The third-order valence-corrected chi connectivity index (χ3v) is 8.16. The highest BCUT2D eigenvalue weighted by molar-refractivity contribution is 5.93. The Labute approximate surface area is 299 Å². The lowest BCUT2D eigenvalue weighted by Crippen LogP contribution is -2.56. The second-order valence-electron chi connectivity index (χ2n) is 13.6. The number of carbonyl (C=O) groups excluding carboxylic acids is 4. The third-order valence-electron chi connectivity index (χ3n) is 8.16. The molecule has 0 heterocycles. The summed E-state index contributed by atoms with van der Waals surface area (Å²) in [4.78, 5) is 52.2. The zero-order chi connectivity index (χ0) is 37.4. The first-order valence-corrected chi connectivity index (χ1v) is 18.1. The fraction of sp³-hybridized carbons (Fsp3) is 0.650. The molecular formula is C40H61NO9. The van der Waals surface area contributed by atoms with Gasteiger partial charge >= 0.3 is 11.9 Å². The SMILES string of the molecule is CC#CCOc1ccc(C[C@H](NC(=O)[C@@H](/C=C/CCCCCCC(=O)CCCCCCC)[C@@](O)(CCO)C(=O)OC(C)(C)C)C(=O)OC)cc1. The van der Waals surface area contributed by atoms with E-state index < -0.39 is 54.0 Å². The molecule has 1 aromatic carbocycles. The number of aliphatic hydroxyl groups excluding tert-OH is 1. The second kappa shape index (κ2) is 24.5. The quantitative estimate of drug-likeness (QED) is 0.0471. The van der Waals surface area contributed by atoms with Crippen LogP contribution in [-0.4, -0.2) is 71.4 Å². The highest BCUT2D eigenvalue weighted by Crippen LogP contribution is 2.28. The number of unbranched alkanes of at least 4 members (excludes halogenated alkanes) is 8. The summed E-state index contributed by atoms with van der Waals surface area (Å²) in [6, 6.07) is 5.81. The molecule has 0 radical (unpaired) electrons. The largest absolute Gasteiger partial charge is 0.481 e. The fourth-order valence-electron chi connectivity index (χ4n) is 5.35. The minimum absolute atomic E-state index is 0.0656. The number of nitrogens with one attached hydrogen (secondary N) is 1. The number of Topliss-reactive ketones (excluding diaryl/α,β-unsaturated/α-hetero) is 1. The molecule has 1 aromatic rings. The number of rotatable bonds is 25. The minimum atomic E-state index is -2.42. The van der Waals surface area contributed by atoms with Gasteiger partial charge in [-0.15, -0.1) is 5.92 Å². The number of carbonyl (C=O) groups is 4. The molecule has 10 nitrogen and oxygen atoms in total. The first-order chi connectivity index (χ1) is 23.8. The third kappa shape index (κ3) is 17.8. The van der Waals surface area contributed by atoms with E-state index in [0.717, 1.165) is 38.5 Å². The summed E-state index contributed by atoms with van der Waals surface area (Å²) in [7, 11) is 1.21. The van der Waals surface area contributed by atoms with Crippen molar-refractivity contribution < 1.29 is 43.6 Å². The number of hydrogen-bond donors (Lipinski definition) is 3. The smallest absolute Gasteiger partial charge is 0.339 e. The average molecular weight is 700 g/mol. The summed E-state index contributed by atoms with van der Waals surface area (Å²) >= 11 is 0. The monoisotopic (exact) mass is 699 g/mol. The molecule has 0 aliphatic carbocycles. The van der Waals surface area contributed by atoms with Crippen LogP contribution in [-0.2, 0) is 35.1 Å². The van der Waals surface area contributed by atoms with Crippen molar-refractivity contribution in [2.75, 3.05) is 20.3 Å². The van der Waals surface area contributed by atoms with E-state index >= 15 is 0 Å². The van der Waals surface area contributed by atoms with E-state index in [4.69, 9.17) is 14.2 Å². The number of allylic oxidation sites excluding steroid dienone is 1. The summed E-state index contributed by atoms with van der Waals surface area (Å²) in [5.41, 5.74) is -2.69. The lowest BCUT2D eigenvalue weighted by molar-refractivity contribution is -0.185. The predicted molar refractivity (Wildman–Crippen MR) is 194 cm³/mol. The number of aliphatic hydroxyl groups is 2. The maximum absolute atomic E-state index is 13.9. The van der Waals surface area contributed by atoms with Crippen LogP contribution < -0.4 is 10.1 Å². The van der Waals surface area contributed by atoms with Gasteiger partial charge in [0.05, 0.1) is 13.0 Å². The van der Waals surface area contributed by atoms with E-state index in [-0.39, 0.29) is 13.0 Å². The van der Waals surface area contributed by atoms with Gasteiger partial charge in [0.1, 0.15) is 29.8 Å². The van der Waals surface area contributed by atoms with E-state index in [9.17, 15) is 29.4 Å². The Bertz CT molecular complexity index is 1260.